The van der Waals surface area contributed by atoms with Crippen LogP contribution in [0.4, 0.5) is 0 Å². The number of nitrogens with one attached hydrogen (secondary N) is 1. The first-order valence-corrected chi connectivity index (χ1v) is 7.30. The molecule has 0 aliphatic rings. The van der Waals surface area contributed by atoms with E-state index in [1.165, 1.54) is 0 Å². The van der Waals surface area contributed by atoms with Crippen molar-refractivity contribution in [1.29, 1.82) is 0 Å². The van der Waals surface area contributed by atoms with Gasteiger partial charge < -0.3 is 0 Å². The lowest BCUT2D eigenvalue weighted by Crippen LogP contribution is -2.28. The van der Waals surface area contributed by atoms with Crippen molar-refractivity contribution in [2.24, 2.45) is 5.84 Å². The van der Waals surface area contributed by atoms with Gasteiger partial charge >= 0.3 is 0 Å². The highest BCUT2D eigenvalue weighted by atomic mass is 32.1. The molecule has 0 radical (unpaired) electrons. The molecule has 3 aromatic rings. The molecule has 0 saturated heterocycles. The minimum absolute atomic E-state index is 0.0341. The second-order valence-electron chi connectivity index (χ2n) is 4.81. The number of thiazole rings is 1. The number of rotatable bonds is 3. The summed E-state index contributed by atoms with van der Waals surface area (Å²) >= 11 is 1.62. The van der Waals surface area contributed by atoms with Crippen LogP contribution in [0, 0.1) is 13.8 Å². The Morgan fingerprint density at radius 1 is 1.20 bits per heavy atom. The van der Waals surface area contributed by atoms with Gasteiger partial charge in [0.15, 0.2) is 0 Å². The van der Waals surface area contributed by atoms with Gasteiger partial charge in [-0.3, -0.25) is 10.8 Å². The van der Waals surface area contributed by atoms with Crippen LogP contribution < -0.4 is 11.3 Å². The molecule has 1 unspecified atom stereocenters. The highest BCUT2D eigenvalue weighted by Gasteiger charge is 2.17. The predicted molar refractivity (Wildman–Crippen MR) is 82.5 cm³/mol. The number of hydrazine groups is 1. The molecular weight excluding hydrogens is 268 g/mol. The molecule has 0 saturated carbocycles. The quantitative estimate of drug-likeness (QED) is 0.573. The Balaban J connectivity index is 2.08. The van der Waals surface area contributed by atoms with E-state index in [0.29, 0.717) is 0 Å². The van der Waals surface area contributed by atoms with E-state index in [9.17, 15) is 0 Å². The third-order valence-electron chi connectivity index (χ3n) is 3.40. The van der Waals surface area contributed by atoms with Crippen molar-refractivity contribution >= 4 is 22.2 Å². The molecule has 0 bridgehead atoms. The summed E-state index contributed by atoms with van der Waals surface area (Å²) in [7, 11) is 0. The predicted octanol–water partition coefficient (Wildman–Crippen LogP) is 2.86. The highest BCUT2D eigenvalue weighted by molar-refractivity contribution is 7.09. The number of hydrogen-bond acceptors (Lipinski definition) is 5. The van der Waals surface area contributed by atoms with E-state index in [4.69, 9.17) is 5.84 Å². The van der Waals surface area contributed by atoms with Crippen LogP contribution >= 0.6 is 11.3 Å². The maximum absolute atomic E-state index is 5.75. The zero-order valence-electron chi connectivity index (χ0n) is 11.4. The Bertz CT molecular complexity index is 750. The van der Waals surface area contributed by atoms with Crippen LogP contribution in [0.15, 0.2) is 35.8 Å². The number of nitrogens with two attached hydrogens (primary N) is 1. The van der Waals surface area contributed by atoms with Crippen molar-refractivity contribution in [3.05, 3.63) is 57.7 Å². The fourth-order valence-electron chi connectivity index (χ4n) is 2.34. The molecule has 0 amide bonds. The maximum atomic E-state index is 5.75. The Hall–Kier alpha value is -1.82. The summed E-state index contributed by atoms with van der Waals surface area (Å²) in [5.74, 6) is 5.75. The Morgan fingerprint density at radius 2 is 2.05 bits per heavy atom. The molecule has 0 aliphatic carbocycles. The lowest BCUT2D eigenvalue weighted by atomic mass is 10.0. The van der Waals surface area contributed by atoms with Gasteiger partial charge in [0, 0.05) is 11.1 Å². The van der Waals surface area contributed by atoms with Crippen LogP contribution in [0.1, 0.15) is 27.9 Å². The zero-order valence-corrected chi connectivity index (χ0v) is 12.2. The maximum Gasteiger partial charge on any atom is 0.0821 e. The molecule has 4 nitrogen and oxygen atoms in total. The van der Waals surface area contributed by atoms with Crippen LogP contribution in [-0.2, 0) is 0 Å². The number of fused-ring (bicyclic) bond motifs is 1. The molecule has 2 heterocycles. The Morgan fingerprint density at radius 3 is 2.75 bits per heavy atom. The SMILES string of the molecule is Cc1ccc2cc(C(NN)c3scnc3C)ccc2n1. The summed E-state index contributed by atoms with van der Waals surface area (Å²) in [5.41, 5.74) is 8.90. The minimum atomic E-state index is -0.0341. The average molecular weight is 284 g/mol. The largest absolute Gasteiger partial charge is 0.271 e. The van der Waals surface area contributed by atoms with Gasteiger partial charge in [-0.15, -0.1) is 11.3 Å². The molecule has 1 aromatic carbocycles. The van der Waals surface area contributed by atoms with Crippen molar-refractivity contribution in [2.75, 3.05) is 0 Å². The standard InChI is InChI=1S/C15H16N4S/c1-9-3-4-11-7-12(5-6-13(11)18-9)14(19-16)15-10(2)17-8-20-15/h3-8,14,19H,16H2,1-2H3. The van der Waals surface area contributed by atoms with E-state index in [0.717, 1.165) is 32.7 Å². The molecular formula is C15H16N4S. The van der Waals surface area contributed by atoms with E-state index >= 15 is 0 Å². The van der Waals surface area contributed by atoms with Gasteiger partial charge in [-0.25, -0.2) is 10.4 Å². The van der Waals surface area contributed by atoms with Crippen molar-refractivity contribution in [3.63, 3.8) is 0 Å². The lowest BCUT2D eigenvalue weighted by molar-refractivity contribution is 0.642. The molecule has 3 N–H and O–H groups in total. The van der Waals surface area contributed by atoms with E-state index < -0.39 is 0 Å². The molecule has 1 atom stereocenters. The van der Waals surface area contributed by atoms with Crippen molar-refractivity contribution in [2.45, 2.75) is 19.9 Å². The van der Waals surface area contributed by atoms with Gasteiger partial charge in [-0.1, -0.05) is 12.1 Å². The van der Waals surface area contributed by atoms with Crippen molar-refractivity contribution in [1.82, 2.24) is 15.4 Å². The van der Waals surface area contributed by atoms with Gasteiger partial charge in [0.25, 0.3) is 0 Å². The first kappa shape index (κ1) is 13.2. The number of benzene rings is 1. The normalized spacial score (nSPS) is 12.8. The summed E-state index contributed by atoms with van der Waals surface area (Å²) in [4.78, 5) is 9.96. The summed E-state index contributed by atoms with van der Waals surface area (Å²) < 4.78 is 0. The van der Waals surface area contributed by atoms with Crippen LogP contribution in [0.3, 0.4) is 0 Å². The second-order valence-corrected chi connectivity index (χ2v) is 5.69. The molecule has 2 aromatic heterocycles. The van der Waals surface area contributed by atoms with Gasteiger partial charge in [0.1, 0.15) is 0 Å². The average Bonchev–Trinajstić information content (AvgIpc) is 2.86. The molecule has 0 aliphatic heterocycles. The fraction of sp³-hybridized carbons (Fsp3) is 0.200. The van der Waals surface area contributed by atoms with Gasteiger partial charge in [-0.2, -0.15) is 0 Å². The van der Waals surface area contributed by atoms with Gasteiger partial charge in [0.2, 0.25) is 0 Å². The summed E-state index contributed by atoms with van der Waals surface area (Å²) in [6.45, 7) is 4.00. The topological polar surface area (TPSA) is 63.8 Å². The molecule has 3 rings (SSSR count). The molecule has 0 fully saturated rings. The number of aryl methyl sites for hydroxylation is 2. The Kier molecular flexibility index (Phi) is 3.48. The fourth-order valence-corrected chi connectivity index (χ4v) is 3.22. The van der Waals surface area contributed by atoms with Crippen LogP contribution in [0.25, 0.3) is 10.9 Å². The third-order valence-corrected chi connectivity index (χ3v) is 4.39. The first-order chi connectivity index (χ1) is 9.69. The molecule has 20 heavy (non-hydrogen) atoms. The molecule has 5 heteroatoms. The summed E-state index contributed by atoms with van der Waals surface area (Å²) in [6.07, 6.45) is 0. The third kappa shape index (κ3) is 2.31. The van der Waals surface area contributed by atoms with E-state index in [1.54, 1.807) is 11.3 Å². The Labute approximate surface area is 121 Å². The van der Waals surface area contributed by atoms with E-state index in [2.05, 4.69) is 33.6 Å². The molecule has 102 valence electrons. The summed E-state index contributed by atoms with van der Waals surface area (Å²) in [5, 5.41) is 1.12. The second kappa shape index (κ2) is 5.28. The number of nitrogens with zero attached hydrogens (tertiary/aromatic N) is 2. The van der Waals surface area contributed by atoms with E-state index in [1.807, 2.05) is 31.5 Å². The van der Waals surface area contributed by atoms with Gasteiger partial charge in [0.05, 0.1) is 27.6 Å². The highest BCUT2D eigenvalue weighted by Crippen LogP contribution is 2.29. The number of pyridine rings is 1. The first-order valence-electron chi connectivity index (χ1n) is 6.42. The monoisotopic (exact) mass is 284 g/mol. The van der Waals surface area contributed by atoms with Gasteiger partial charge in [-0.05, 0) is 37.6 Å². The number of hydrogen-bond donors (Lipinski definition) is 2. The zero-order chi connectivity index (χ0) is 14.1. The summed E-state index contributed by atoms with van der Waals surface area (Å²) in [6, 6.07) is 10.3. The minimum Gasteiger partial charge on any atom is -0.271 e. The van der Waals surface area contributed by atoms with Crippen LogP contribution in [-0.4, -0.2) is 9.97 Å². The van der Waals surface area contributed by atoms with E-state index in [-0.39, 0.29) is 6.04 Å². The van der Waals surface area contributed by atoms with Crippen molar-refractivity contribution < 1.29 is 0 Å². The van der Waals surface area contributed by atoms with Crippen LogP contribution in [0.2, 0.25) is 0 Å². The van der Waals surface area contributed by atoms with Crippen molar-refractivity contribution in [3.8, 4) is 0 Å². The smallest absolute Gasteiger partial charge is 0.0821 e. The lowest BCUT2D eigenvalue weighted by Gasteiger charge is -2.16. The van der Waals surface area contributed by atoms with Crippen LogP contribution in [0.5, 0.6) is 0 Å². The number of aromatic nitrogens is 2. The molecule has 0 spiro atoms.